The Hall–Kier alpha value is -3.33. The van der Waals surface area contributed by atoms with E-state index in [0.29, 0.717) is 13.1 Å². The summed E-state index contributed by atoms with van der Waals surface area (Å²) in [4.78, 5) is 36.7. The summed E-state index contributed by atoms with van der Waals surface area (Å²) in [6.07, 6.45) is 5.12. The Kier molecular flexibility index (Phi) is 5.81. The Morgan fingerprint density at radius 2 is 1.75 bits per heavy atom. The van der Waals surface area contributed by atoms with Crippen molar-refractivity contribution in [2.45, 2.75) is 19.4 Å². The summed E-state index contributed by atoms with van der Waals surface area (Å²) in [5.74, 6) is 1.32. The SMILES string of the molecule is O=C(O)C1CCCN(c2nc(CN3CCN(c4ncccn4)CC3)nc3ccccc23)C1. The standard InChI is InChI=1S/C23H27N7O2/c31-22(32)17-5-3-10-30(15-17)21-18-6-1-2-7-19(18)26-20(27-21)16-28-11-13-29(14-12-28)23-24-8-4-9-25-23/h1-2,4,6-9,17H,3,5,10-16H2,(H,31,32). The van der Waals surface area contributed by atoms with Gasteiger partial charge in [-0.1, -0.05) is 12.1 Å². The van der Waals surface area contributed by atoms with E-state index in [9.17, 15) is 9.90 Å². The highest BCUT2D eigenvalue weighted by Gasteiger charge is 2.28. The van der Waals surface area contributed by atoms with Gasteiger partial charge in [-0.3, -0.25) is 9.69 Å². The van der Waals surface area contributed by atoms with Crippen molar-refractivity contribution in [1.82, 2.24) is 24.8 Å². The van der Waals surface area contributed by atoms with E-state index >= 15 is 0 Å². The van der Waals surface area contributed by atoms with Crippen molar-refractivity contribution >= 4 is 28.6 Å². The molecule has 166 valence electrons. The van der Waals surface area contributed by atoms with Crippen LogP contribution in [0.1, 0.15) is 18.7 Å². The van der Waals surface area contributed by atoms with E-state index in [1.807, 2.05) is 30.3 Å². The summed E-state index contributed by atoms with van der Waals surface area (Å²) in [5, 5.41) is 10.5. The number of piperazine rings is 1. The van der Waals surface area contributed by atoms with E-state index in [1.165, 1.54) is 0 Å². The molecule has 0 saturated carbocycles. The van der Waals surface area contributed by atoms with Crippen LogP contribution in [0.3, 0.4) is 0 Å². The fraction of sp³-hybridized carbons (Fsp3) is 0.435. The minimum absolute atomic E-state index is 0.353. The number of aliphatic carboxylic acids is 1. The number of fused-ring (bicyclic) bond motifs is 1. The first-order valence-corrected chi connectivity index (χ1v) is 11.1. The quantitative estimate of drug-likeness (QED) is 0.648. The van der Waals surface area contributed by atoms with E-state index in [-0.39, 0.29) is 5.92 Å². The number of carboxylic acid groups (broad SMARTS) is 1. The van der Waals surface area contributed by atoms with Gasteiger partial charge in [0.05, 0.1) is 18.0 Å². The molecule has 1 aromatic carbocycles. The molecule has 0 radical (unpaired) electrons. The lowest BCUT2D eigenvalue weighted by molar-refractivity contribution is -0.141. The lowest BCUT2D eigenvalue weighted by Gasteiger charge is -2.35. The zero-order chi connectivity index (χ0) is 21.9. The average Bonchev–Trinajstić information content (AvgIpc) is 2.84. The average molecular weight is 434 g/mol. The third-order valence-corrected chi connectivity index (χ3v) is 6.27. The molecule has 2 fully saturated rings. The maximum Gasteiger partial charge on any atom is 0.308 e. The number of carbonyl (C=O) groups is 1. The van der Waals surface area contributed by atoms with Gasteiger partial charge < -0.3 is 14.9 Å². The van der Waals surface area contributed by atoms with E-state index < -0.39 is 5.97 Å². The highest BCUT2D eigenvalue weighted by molar-refractivity contribution is 5.89. The summed E-state index contributed by atoms with van der Waals surface area (Å²) in [7, 11) is 0. The topological polar surface area (TPSA) is 98.6 Å². The predicted molar refractivity (Wildman–Crippen MR) is 122 cm³/mol. The minimum Gasteiger partial charge on any atom is -0.481 e. The maximum absolute atomic E-state index is 11.6. The van der Waals surface area contributed by atoms with Crippen LogP contribution in [0, 0.1) is 5.92 Å². The van der Waals surface area contributed by atoms with Crippen LogP contribution in [-0.2, 0) is 11.3 Å². The molecule has 1 atom stereocenters. The Balaban J connectivity index is 1.34. The van der Waals surface area contributed by atoms with Crippen LogP contribution in [0.15, 0.2) is 42.7 Å². The molecule has 5 rings (SSSR count). The van der Waals surface area contributed by atoms with Gasteiger partial charge in [0.15, 0.2) is 0 Å². The van der Waals surface area contributed by atoms with Crippen LogP contribution in [0.5, 0.6) is 0 Å². The van der Waals surface area contributed by atoms with Gasteiger partial charge in [0.2, 0.25) is 5.95 Å². The molecule has 2 saturated heterocycles. The third-order valence-electron chi connectivity index (χ3n) is 6.27. The van der Waals surface area contributed by atoms with Gasteiger partial charge in [-0.05, 0) is 31.0 Å². The second-order valence-corrected chi connectivity index (χ2v) is 8.42. The van der Waals surface area contributed by atoms with E-state index in [2.05, 4.69) is 24.7 Å². The van der Waals surface area contributed by atoms with Crippen molar-refractivity contribution in [3.63, 3.8) is 0 Å². The number of nitrogens with zero attached hydrogens (tertiary/aromatic N) is 7. The minimum atomic E-state index is -0.728. The number of anilines is 2. The van der Waals surface area contributed by atoms with Gasteiger partial charge in [0, 0.05) is 57.0 Å². The Morgan fingerprint density at radius 1 is 0.969 bits per heavy atom. The van der Waals surface area contributed by atoms with Crippen molar-refractivity contribution < 1.29 is 9.90 Å². The van der Waals surface area contributed by atoms with Crippen molar-refractivity contribution in [3.8, 4) is 0 Å². The van der Waals surface area contributed by atoms with Gasteiger partial charge in [0.25, 0.3) is 0 Å². The van der Waals surface area contributed by atoms with Crippen LogP contribution in [0.25, 0.3) is 10.9 Å². The van der Waals surface area contributed by atoms with Crippen LogP contribution in [0.2, 0.25) is 0 Å². The van der Waals surface area contributed by atoms with Crippen molar-refractivity contribution in [3.05, 3.63) is 48.5 Å². The second kappa shape index (κ2) is 9.04. The number of hydrogen-bond acceptors (Lipinski definition) is 8. The molecule has 2 aromatic heterocycles. The first-order chi connectivity index (χ1) is 15.7. The predicted octanol–water partition coefficient (Wildman–Crippen LogP) is 2.04. The number of rotatable bonds is 5. The first kappa shape index (κ1) is 20.6. The molecule has 3 aromatic rings. The van der Waals surface area contributed by atoms with Crippen LogP contribution >= 0.6 is 0 Å². The molecule has 0 amide bonds. The van der Waals surface area contributed by atoms with Gasteiger partial charge >= 0.3 is 5.97 Å². The van der Waals surface area contributed by atoms with Crippen LogP contribution in [0.4, 0.5) is 11.8 Å². The lowest BCUT2D eigenvalue weighted by Crippen LogP contribution is -2.46. The Bertz CT molecular complexity index is 1090. The van der Waals surface area contributed by atoms with Gasteiger partial charge in [0.1, 0.15) is 11.6 Å². The van der Waals surface area contributed by atoms with E-state index in [0.717, 1.165) is 74.1 Å². The highest BCUT2D eigenvalue weighted by atomic mass is 16.4. The van der Waals surface area contributed by atoms with Crippen LogP contribution in [-0.4, -0.2) is 75.2 Å². The number of para-hydroxylation sites is 1. The molecule has 32 heavy (non-hydrogen) atoms. The Morgan fingerprint density at radius 3 is 2.53 bits per heavy atom. The molecule has 9 nitrogen and oxygen atoms in total. The normalized spacial score (nSPS) is 19.9. The first-order valence-electron chi connectivity index (χ1n) is 11.1. The molecule has 0 bridgehead atoms. The van der Waals surface area contributed by atoms with Crippen molar-refractivity contribution in [2.24, 2.45) is 5.92 Å². The molecular formula is C23H27N7O2. The monoisotopic (exact) mass is 433 g/mol. The molecule has 0 spiro atoms. The number of carboxylic acids is 1. The van der Waals surface area contributed by atoms with E-state index in [1.54, 1.807) is 12.4 Å². The molecule has 0 aliphatic carbocycles. The number of piperidine rings is 1. The summed E-state index contributed by atoms with van der Waals surface area (Å²) in [5.41, 5.74) is 0.904. The number of aromatic nitrogens is 4. The number of benzene rings is 1. The fourth-order valence-corrected chi connectivity index (χ4v) is 4.55. The molecule has 2 aliphatic rings. The van der Waals surface area contributed by atoms with Crippen molar-refractivity contribution in [2.75, 3.05) is 49.1 Å². The smallest absolute Gasteiger partial charge is 0.308 e. The molecule has 1 N–H and O–H groups in total. The van der Waals surface area contributed by atoms with E-state index in [4.69, 9.17) is 9.97 Å². The largest absolute Gasteiger partial charge is 0.481 e. The van der Waals surface area contributed by atoms with Gasteiger partial charge in [-0.15, -0.1) is 0 Å². The Labute approximate surface area is 186 Å². The van der Waals surface area contributed by atoms with Crippen LogP contribution < -0.4 is 9.80 Å². The number of hydrogen-bond donors (Lipinski definition) is 1. The summed E-state index contributed by atoms with van der Waals surface area (Å²) < 4.78 is 0. The zero-order valence-electron chi connectivity index (χ0n) is 18.0. The third kappa shape index (κ3) is 4.34. The molecule has 1 unspecified atom stereocenters. The second-order valence-electron chi connectivity index (χ2n) is 8.42. The van der Waals surface area contributed by atoms with Gasteiger partial charge in [-0.2, -0.15) is 0 Å². The lowest BCUT2D eigenvalue weighted by atomic mass is 9.98. The molecular weight excluding hydrogens is 406 g/mol. The summed E-state index contributed by atoms with van der Waals surface area (Å²) in [6.45, 7) is 5.46. The zero-order valence-corrected chi connectivity index (χ0v) is 18.0. The summed E-state index contributed by atoms with van der Waals surface area (Å²) in [6, 6.07) is 9.83. The highest BCUT2D eigenvalue weighted by Crippen LogP contribution is 2.28. The maximum atomic E-state index is 11.6. The summed E-state index contributed by atoms with van der Waals surface area (Å²) >= 11 is 0. The van der Waals surface area contributed by atoms with Crippen molar-refractivity contribution in [1.29, 1.82) is 0 Å². The van der Waals surface area contributed by atoms with Gasteiger partial charge in [-0.25, -0.2) is 19.9 Å². The molecule has 4 heterocycles. The molecule has 2 aliphatic heterocycles. The molecule has 9 heteroatoms. The fourth-order valence-electron chi connectivity index (χ4n) is 4.55.